The number of esters is 1. The fraction of sp³-hybridized carbons (Fsp3) is 0.276. The SMILES string of the molecule is C1CCOC1.COC(=O)c1cc2ccccc2cc1SC.CSc1cc2ccccc2cc1CO.[AlH3].[H-].[Li+]. The summed E-state index contributed by atoms with van der Waals surface area (Å²) >= 11 is 3.23. The van der Waals surface area contributed by atoms with Gasteiger partial charge in [-0.3, -0.25) is 0 Å². The third-order valence-corrected chi connectivity index (χ3v) is 7.22. The fourth-order valence-corrected chi connectivity index (χ4v) is 4.99. The van der Waals surface area contributed by atoms with Crippen molar-refractivity contribution in [3.63, 3.8) is 0 Å². The smallest absolute Gasteiger partial charge is 1.00 e. The summed E-state index contributed by atoms with van der Waals surface area (Å²) in [4.78, 5) is 13.7. The molecular formula is C29H36AlLiO4S2. The molecule has 0 unspecified atom stereocenters. The molecule has 0 radical (unpaired) electrons. The first-order chi connectivity index (χ1) is 17.1. The van der Waals surface area contributed by atoms with Gasteiger partial charge < -0.3 is 16.0 Å². The largest absolute Gasteiger partial charge is 1.00 e. The van der Waals surface area contributed by atoms with Crippen LogP contribution < -0.4 is 18.9 Å². The summed E-state index contributed by atoms with van der Waals surface area (Å²) in [5, 5.41) is 13.8. The average molecular weight is 547 g/mol. The number of thioether (sulfide) groups is 2. The molecule has 1 heterocycles. The van der Waals surface area contributed by atoms with Gasteiger partial charge in [0, 0.05) is 23.0 Å². The summed E-state index contributed by atoms with van der Waals surface area (Å²) in [5.41, 5.74) is 1.64. The van der Waals surface area contributed by atoms with Gasteiger partial charge in [0.25, 0.3) is 0 Å². The molecule has 0 bridgehead atoms. The number of benzene rings is 4. The van der Waals surface area contributed by atoms with Gasteiger partial charge in [-0.1, -0.05) is 48.5 Å². The van der Waals surface area contributed by atoms with Crippen LogP contribution in [0.2, 0.25) is 0 Å². The van der Waals surface area contributed by atoms with Crippen molar-refractivity contribution in [2.24, 2.45) is 0 Å². The van der Waals surface area contributed by atoms with Gasteiger partial charge in [0.2, 0.25) is 0 Å². The fourth-order valence-electron chi connectivity index (χ4n) is 3.75. The molecule has 4 nitrogen and oxygen atoms in total. The second kappa shape index (κ2) is 18.0. The monoisotopic (exact) mass is 546 g/mol. The molecule has 1 N–H and O–H groups in total. The maximum atomic E-state index is 11.6. The second-order valence-electron chi connectivity index (χ2n) is 7.88. The Balaban J connectivity index is 0.000000573. The van der Waals surface area contributed by atoms with E-state index in [-0.39, 0.29) is 50.2 Å². The normalized spacial score (nSPS) is 11.8. The van der Waals surface area contributed by atoms with E-state index in [1.807, 2.05) is 61.0 Å². The summed E-state index contributed by atoms with van der Waals surface area (Å²) < 4.78 is 9.72. The van der Waals surface area contributed by atoms with E-state index in [9.17, 15) is 9.90 Å². The van der Waals surface area contributed by atoms with Crippen molar-refractivity contribution in [1.29, 1.82) is 0 Å². The minimum atomic E-state index is -0.282. The minimum absolute atomic E-state index is 0. The number of carbonyl (C=O) groups is 1. The molecule has 4 aromatic carbocycles. The third-order valence-electron chi connectivity index (χ3n) is 5.62. The molecular weight excluding hydrogens is 510 g/mol. The zero-order valence-electron chi connectivity index (χ0n) is 22.5. The molecule has 5 rings (SSSR count). The molecule has 4 aromatic rings. The standard InChI is InChI=1S/C13H12O2S.C12H12OS.C4H8O.Al.Li.4H/c1-15-13(14)11-7-9-5-3-4-6-10(9)8-12(11)16-2;1-14-12-7-10-5-3-2-4-9(10)6-11(12)8-13;1-2-4-5-3-1;;;;;;/h3-8H,1-2H3;2-7,13H,8H2,1H3;1-4H2;;;;;;/q;;;;+1;;;;-1. The van der Waals surface area contributed by atoms with Gasteiger partial charge in [0.05, 0.1) is 19.3 Å². The van der Waals surface area contributed by atoms with Crippen molar-refractivity contribution in [3.8, 4) is 0 Å². The van der Waals surface area contributed by atoms with Gasteiger partial charge in [-0.2, -0.15) is 0 Å². The molecule has 0 amide bonds. The number of carbonyl (C=O) groups excluding carboxylic acids is 1. The molecule has 37 heavy (non-hydrogen) atoms. The van der Waals surface area contributed by atoms with Crippen molar-refractivity contribution in [2.75, 3.05) is 32.8 Å². The number of aliphatic hydroxyl groups is 1. The van der Waals surface area contributed by atoms with Crippen LogP contribution >= 0.6 is 23.5 Å². The molecule has 0 atom stereocenters. The van der Waals surface area contributed by atoms with E-state index in [2.05, 4.69) is 24.3 Å². The van der Waals surface area contributed by atoms with Crippen LogP contribution in [0.15, 0.2) is 82.6 Å². The van der Waals surface area contributed by atoms with Crippen LogP contribution in [0.3, 0.4) is 0 Å². The first-order valence-electron chi connectivity index (χ1n) is 11.5. The number of ether oxygens (including phenoxy) is 2. The molecule has 0 spiro atoms. The van der Waals surface area contributed by atoms with Crippen LogP contribution in [0.5, 0.6) is 0 Å². The first-order valence-corrected chi connectivity index (χ1v) is 14.0. The molecule has 1 saturated heterocycles. The Morgan fingerprint density at radius 2 is 1.32 bits per heavy atom. The van der Waals surface area contributed by atoms with Crippen LogP contribution in [0.25, 0.3) is 21.5 Å². The summed E-state index contributed by atoms with van der Waals surface area (Å²) in [5.74, 6) is -0.282. The summed E-state index contributed by atoms with van der Waals surface area (Å²) in [6.07, 6.45) is 6.54. The number of hydrogen-bond donors (Lipinski definition) is 1. The van der Waals surface area contributed by atoms with Crippen LogP contribution in [0, 0.1) is 0 Å². The molecule has 0 aromatic heterocycles. The van der Waals surface area contributed by atoms with Gasteiger partial charge in [0.15, 0.2) is 17.4 Å². The Labute approximate surface area is 252 Å². The topological polar surface area (TPSA) is 55.8 Å². The molecule has 8 heteroatoms. The van der Waals surface area contributed by atoms with Gasteiger partial charge in [0.1, 0.15) is 0 Å². The Kier molecular flexibility index (Phi) is 16.4. The van der Waals surface area contributed by atoms with Gasteiger partial charge >= 0.3 is 24.8 Å². The number of fused-ring (bicyclic) bond motifs is 2. The van der Waals surface area contributed by atoms with Crippen molar-refractivity contribution in [1.82, 2.24) is 0 Å². The third kappa shape index (κ3) is 9.70. The van der Waals surface area contributed by atoms with Crippen molar-refractivity contribution < 1.29 is 39.7 Å². The maximum absolute atomic E-state index is 11.6. The van der Waals surface area contributed by atoms with Crippen molar-refractivity contribution >= 4 is 68.4 Å². The van der Waals surface area contributed by atoms with E-state index in [1.54, 1.807) is 23.5 Å². The van der Waals surface area contributed by atoms with E-state index in [4.69, 9.17) is 9.47 Å². The van der Waals surface area contributed by atoms with Crippen LogP contribution in [-0.2, 0) is 16.1 Å². The van der Waals surface area contributed by atoms with Gasteiger partial charge in [-0.15, -0.1) is 23.5 Å². The molecule has 1 aliphatic rings. The molecule has 1 fully saturated rings. The van der Waals surface area contributed by atoms with E-state index >= 15 is 0 Å². The van der Waals surface area contributed by atoms with Crippen molar-refractivity contribution in [3.05, 3.63) is 83.9 Å². The Morgan fingerprint density at radius 1 is 0.865 bits per heavy atom. The summed E-state index contributed by atoms with van der Waals surface area (Å²) in [6.45, 7) is 2.11. The number of aliphatic hydroxyl groups excluding tert-OH is 1. The molecule has 192 valence electrons. The molecule has 1 aliphatic heterocycles. The van der Waals surface area contributed by atoms with Gasteiger partial charge in [-0.25, -0.2) is 4.79 Å². The minimum Gasteiger partial charge on any atom is -1.00 e. The Morgan fingerprint density at radius 3 is 1.73 bits per heavy atom. The maximum Gasteiger partial charge on any atom is 1.00 e. The number of methoxy groups -OCH3 is 1. The van der Waals surface area contributed by atoms with Gasteiger partial charge in [-0.05, 0) is 76.7 Å². The molecule has 0 aliphatic carbocycles. The predicted octanol–water partition coefficient (Wildman–Crippen LogP) is 3.13. The summed E-state index contributed by atoms with van der Waals surface area (Å²) in [7, 11) is 1.40. The van der Waals surface area contributed by atoms with E-state index < -0.39 is 0 Å². The van der Waals surface area contributed by atoms with E-state index in [0.29, 0.717) is 5.56 Å². The zero-order valence-corrected chi connectivity index (χ0v) is 23.1. The Bertz CT molecular complexity index is 1220. The van der Waals surface area contributed by atoms with Crippen LogP contribution in [-0.4, -0.2) is 61.3 Å². The van der Waals surface area contributed by atoms with Crippen LogP contribution in [0.4, 0.5) is 0 Å². The van der Waals surface area contributed by atoms with Crippen molar-refractivity contribution in [2.45, 2.75) is 29.2 Å². The average Bonchev–Trinajstić information content (AvgIpc) is 3.52. The summed E-state index contributed by atoms with van der Waals surface area (Å²) in [6, 6.07) is 24.3. The number of hydrogen-bond acceptors (Lipinski definition) is 6. The van der Waals surface area contributed by atoms with E-state index in [1.165, 1.54) is 30.7 Å². The Hall–Kier alpha value is -1.38. The zero-order chi connectivity index (χ0) is 25.0. The predicted molar refractivity (Wildman–Crippen MR) is 160 cm³/mol. The van der Waals surface area contributed by atoms with E-state index in [0.717, 1.165) is 39.3 Å². The molecule has 0 saturated carbocycles. The van der Waals surface area contributed by atoms with Crippen LogP contribution in [0.1, 0.15) is 30.2 Å². The quantitative estimate of drug-likeness (QED) is 0.241. The first kappa shape index (κ1) is 33.6. The number of rotatable bonds is 4. The second-order valence-corrected chi connectivity index (χ2v) is 9.58.